The Hall–Kier alpha value is -2.33. The SMILES string of the molecule is Cc1ccc(NC=C(C#N)C(=O)NC2CCS(=O)(=O)C2)cc1. The number of benzene rings is 1. The molecule has 116 valence electrons. The van der Waals surface area contributed by atoms with Crippen LogP contribution in [0.15, 0.2) is 36.0 Å². The first kappa shape index (κ1) is 16.0. The normalized spacial score (nSPS) is 20.2. The van der Waals surface area contributed by atoms with Crippen LogP contribution in [0.4, 0.5) is 5.69 Å². The van der Waals surface area contributed by atoms with Crippen LogP contribution in [0.3, 0.4) is 0 Å². The Bertz CT molecular complexity index is 730. The third-order valence-corrected chi connectivity index (χ3v) is 5.14. The topological polar surface area (TPSA) is 99.1 Å². The Labute approximate surface area is 129 Å². The van der Waals surface area contributed by atoms with Crippen molar-refractivity contribution in [3.63, 3.8) is 0 Å². The van der Waals surface area contributed by atoms with E-state index in [9.17, 15) is 13.2 Å². The second-order valence-electron chi connectivity index (χ2n) is 5.25. The van der Waals surface area contributed by atoms with Crippen LogP contribution in [-0.4, -0.2) is 31.9 Å². The zero-order valence-corrected chi connectivity index (χ0v) is 13.0. The van der Waals surface area contributed by atoms with Gasteiger partial charge in [-0.3, -0.25) is 4.79 Å². The molecule has 1 amide bonds. The first-order valence-electron chi connectivity index (χ1n) is 6.84. The summed E-state index contributed by atoms with van der Waals surface area (Å²) in [6, 6.07) is 8.88. The number of hydrogen-bond acceptors (Lipinski definition) is 5. The molecule has 7 heteroatoms. The number of carbonyl (C=O) groups is 1. The van der Waals surface area contributed by atoms with Crippen molar-refractivity contribution in [2.75, 3.05) is 16.8 Å². The summed E-state index contributed by atoms with van der Waals surface area (Å²) in [7, 11) is -3.07. The predicted octanol–water partition coefficient (Wildman–Crippen LogP) is 1.12. The summed E-state index contributed by atoms with van der Waals surface area (Å²) in [6.07, 6.45) is 1.71. The van der Waals surface area contributed by atoms with E-state index in [2.05, 4.69) is 10.6 Å². The number of nitrogens with zero attached hydrogens (tertiary/aromatic N) is 1. The van der Waals surface area contributed by atoms with E-state index in [4.69, 9.17) is 5.26 Å². The zero-order valence-electron chi connectivity index (χ0n) is 12.2. The van der Waals surface area contributed by atoms with E-state index in [1.54, 1.807) is 0 Å². The standard InChI is InChI=1S/C15H17N3O3S/c1-11-2-4-13(5-3-11)17-9-12(8-16)15(19)18-14-6-7-22(20,21)10-14/h2-5,9,14,17H,6-7,10H2,1H3,(H,18,19). The highest BCUT2D eigenvalue weighted by atomic mass is 32.2. The third-order valence-electron chi connectivity index (χ3n) is 3.37. The van der Waals surface area contributed by atoms with Gasteiger partial charge in [0.2, 0.25) is 0 Å². The van der Waals surface area contributed by atoms with Crippen molar-refractivity contribution in [2.45, 2.75) is 19.4 Å². The number of amides is 1. The minimum atomic E-state index is -3.07. The van der Waals surface area contributed by atoms with Crippen molar-refractivity contribution in [3.05, 3.63) is 41.6 Å². The molecule has 2 rings (SSSR count). The van der Waals surface area contributed by atoms with Gasteiger partial charge in [-0.25, -0.2) is 8.42 Å². The Kier molecular flexibility index (Phi) is 4.83. The molecular formula is C15H17N3O3S. The number of nitrogens with one attached hydrogen (secondary N) is 2. The maximum atomic E-state index is 12.0. The second kappa shape index (κ2) is 6.62. The van der Waals surface area contributed by atoms with Crippen LogP contribution in [0.1, 0.15) is 12.0 Å². The molecular weight excluding hydrogens is 302 g/mol. The van der Waals surface area contributed by atoms with Gasteiger partial charge in [-0.1, -0.05) is 17.7 Å². The summed E-state index contributed by atoms with van der Waals surface area (Å²) in [5, 5.41) is 14.5. The summed E-state index contributed by atoms with van der Waals surface area (Å²) in [6.45, 7) is 1.96. The summed E-state index contributed by atoms with van der Waals surface area (Å²) >= 11 is 0. The molecule has 1 aliphatic rings. The first-order chi connectivity index (χ1) is 10.4. The summed E-state index contributed by atoms with van der Waals surface area (Å²) in [5.41, 5.74) is 1.77. The van der Waals surface area contributed by atoms with E-state index in [1.807, 2.05) is 37.3 Å². The van der Waals surface area contributed by atoms with Crippen LogP contribution in [0.5, 0.6) is 0 Å². The number of anilines is 1. The molecule has 1 saturated heterocycles. The predicted molar refractivity (Wildman–Crippen MR) is 83.7 cm³/mol. The first-order valence-corrected chi connectivity index (χ1v) is 8.66. The summed E-state index contributed by atoms with van der Waals surface area (Å²) in [5.74, 6) is -0.558. The quantitative estimate of drug-likeness (QED) is 0.640. The number of nitriles is 1. The highest BCUT2D eigenvalue weighted by Crippen LogP contribution is 2.12. The lowest BCUT2D eigenvalue weighted by atomic mass is 10.2. The van der Waals surface area contributed by atoms with E-state index < -0.39 is 21.8 Å². The second-order valence-corrected chi connectivity index (χ2v) is 7.48. The van der Waals surface area contributed by atoms with Crippen molar-refractivity contribution in [1.29, 1.82) is 5.26 Å². The van der Waals surface area contributed by atoms with E-state index in [0.29, 0.717) is 6.42 Å². The molecule has 22 heavy (non-hydrogen) atoms. The Balaban J connectivity index is 1.98. The molecule has 1 atom stereocenters. The number of hydrogen-bond donors (Lipinski definition) is 2. The Morgan fingerprint density at radius 3 is 2.59 bits per heavy atom. The smallest absolute Gasteiger partial charge is 0.263 e. The Morgan fingerprint density at radius 2 is 2.05 bits per heavy atom. The highest BCUT2D eigenvalue weighted by molar-refractivity contribution is 7.91. The lowest BCUT2D eigenvalue weighted by molar-refractivity contribution is -0.117. The van der Waals surface area contributed by atoms with Crippen LogP contribution in [0.2, 0.25) is 0 Å². The minimum absolute atomic E-state index is 0.0666. The van der Waals surface area contributed by atoms with Gasteiger partial charge in [-0.2, -0.15) is 5.26 Å². The average molecular weight is 319 g/mol. The Morgan fingerprint density at radius 1 is 1.36 bits per heavy atom. The van der Waals surface area contributed by atoms with Crippen LogP contribution in [-0.2, 0) is 14.6 Å². The maximum absolute atomic E-state index is 12.0. The highest BCUT2D eigenvalue weighted by Gasteiger charge is 2.29. The fourth-order valence-corrected chi connectivity index (χ4v) is 3.80. The third kappa shape index (κ3) is 4.33. The molecule has 0 saturated carbocycles. The lowest BCUT2D eigenvalue weighted by Gasteiger charge is -2.10. The molecule has 0 aromatic heterocycles. The van der Waals surface area contributed by atoms with Crippen molar-refractivity contribution in [1.82, 2.24) is 5.32 Å². The van der Waals surface area contributed by atoms with Crippen molar-refractivity contribution >= 4 is 21.4 Å². The molecule has 1 aliphatic heterocycles. The van der Waals surface area contributed by atoms with Gasteiger partial charge in [-0.05, 0) is 25.5 Å². The van der Waals surface area contributed by atoms with Crippen molar-refractivity contribution in [2.24, 2.45) is 0 Å². The maximum Gasteiger partial charge on any atom is 0.263 e. The molecule has 1 heterocycles. The van der Waals surface area contributed by atoms with Gasteiger partial charge >= 0.3 is 0 Å². The van der Waals surface area contributed by atoms with Crippen LogP contribution in [0, 0.1) is 18.3 Å². The summed E-state index contributed by atoms with van der Waals surface area (Å²) in [4.78, 5) is 12.0. The number of carbonyl (C=O) groups excluding carboxylic acids is 1. The molecule has 0 spiro atoms. The van der Waals surface area contributed by atoms with Crippen molar-refractivity contribution in [3.8, 4) is 6.07 Å². The van der Waals surface area contributed by atoms with E-state index >= 15 is 0 Å². The largest absolute Gasteiger partial charge is 0.360 e. The van der Waals surface area contributed by atoms with Crippen LogP contribution >= 0.6 is 0 Å². The van der Waals surface area contributed by atoms with Gasteiger partial charge in [0, 0.05) is 17.9 Å². The molecule has 0 radical (unpaired) electrons. The van der Waals surface area contributed by atoms with Gasteiger partial charge in [0.25, 0.3) is 5.91 Å². The van der Waals surface area contributed by atoms with Gasteiger partial charge in [0.05, 0.1) is 11.5 Å². The van der Waals surface area contributed by atoms with E-state index in [1.165, 1.54) is 6.20 Å². The van der Waals surface area contributed by atoms with Crippen LogP contribution in [0.25, 0.3) is 0 Å². The number of sulfone groups is 1. The van der Waals surface area contributed by atoms with Gasteiger partial charge in [0.15, 0.2) is 9.84 Å². The van der Waals surface area contributed by atoms with Gasteiger partial charge < -0.3 is 10.6 Å². The monoisotopic (exact) mass is 319 g/mol. The fraction of sp³-hybridized carbons (Fsp3) is 0.333. The van der Waals surface area contributed by atoms with Gasteiger partial charge in [-0.15, -0.1) is 0 Å². The summed E-state index contributed by atoms with van der Waals surface area (Å²) < 4.78 is 22.7. The average Bonchev–Trinajstić information content (AvgIpc) is 2.80. The van der Waals surface area contributed by atoms with Gasteiger partial charge in [0.1, 0.15) is 11.6 Å². The van der Waals surface area contributed by atoms with E-state index in [-0.39, 0.29) is 17.1 Å². The molecule has 0 bridgehead atoms. The zero-order chi connectivity index (χ0) is 16.2. The molecule has 1 unspecified atom stereocenters. The number of aryl methyl sites for hydroxylation is 1. The molecule has 6 nitrogen and oxygen atoms in total. The van der Waals surface area contributed by atoms with E-state index in [0.717, 1.165) is 11.3 Å². The molecule has 2 N–H and O–H groups in total. The minimum Gasteiger partial charge on any atom is -0.360 e. The molecule has 1 fully saturated rings. The lowest BCUT2D eigenvalue weighted by Crippen LogP contribution is -2.36. The van der Waals surface area contributed by atoms with Crippen LogP contribution < -0.4 is 10.6 Å². The molecule has 1 aromatic rings. The van der Waals surface area contributed by atoms with Crippen molar-refractivity contribution < 1.29 is 13.2 Å². The molecule has 0 aliphatic carbocycles. The molecule has 1 aromatic carbocycles. The number of rotatable bonds is 4. The fourth-order valence-electron chi connectivity index (χ4n) is 2.13.